The smallest absolute Gasteiger partial charge is 0.168 e. The maximum Gasteiger partial charge on any atom is 0.168 e. The summed E-state index contributed by atoms with van der Waals surface area (Å²) in [6, 6.07) is 10.2. The molecule has 2 aromatic rings. The van der Waals surface area contributed by atoms with Gasteiger partial charge in [0.25, 0.3) is 0 Å². The van der Waals surface area contributed by atoms with Gasteiger partial charge in [-0.05, 0) is 55.3 Å². The minimum atomic E-state index is 0.277. The van der Waals surface area contributed by atoms with Crippen molar-refractivity contribution < 1.29 is 14.2 Å². The first-order valence-corrected chi connectivity index (χ1v) is 10.2. The molecule has 0 radical (unpaired) electrons. The number of methoxy groups -OCH3 is 1. The third-order valence-corrected chi connectivity index (χ3v) is 4.80. The molecule has 144 valence electrons. The van der Waals surface area contributed by atoms with Crippen LogP contribution in [0.5, 0.6) is 17.2 Å². The van der Waals surface area contributed by atoms with E-state index in [1.165, 1.54) is 19.3 Å². The highest BCUT2D eigenvalue weighted by atomic mass is 35.5. The van der Waals surface area contributed by atoms with Crippen LogP contribution in [0.1, 0.15) is 52.4 Å². The van der Waals surface area contributed by atoms with Gasteiger partial charge in [-0.1, -0.05) is 32.8 Å². The number of fused-ring (bicyclic) bond motifs is 1. The van der Waals surface area contributed by atoms with Gasteiger partial charge in [0.15, 0.2) is 11.5 Å². The average Bonchev–Trinajstić information content (AvgIpc) is 2.67. The molecule has 0 fully saturated rings. The highest BCUT2D eigenvalue weighted by Crippen LogP contribution is 2.37. The van der Waals surface area contributed by atoms with E-state index >= 15 is 0 Å². The first-order valence-electron chi connectivity index (χ1n) is 9.69. The summed E-state index contributed by atoms with van der Waals surface area (Å²) < 4.78 is 17.6. The van der Waals surface area contributed by atoms with Gasteiger partial charge in [0, 0.05) is 11.3 Å². The van der Waals surface area contributed by atoms with Crippen LogP contribution in [0.4, 0.5) is 0 Å². The topological polar surface area (TPSA) is 27.7 Å². The molecule has 2 aromatic carbocycles. The molecule has 26 heavy (non-hydrogen) atoms. The molecule has 0 saturated carbocycles. The Morgan fingerprint density at radius 1 is 1.04 bits per heavy atom. The number of rotatable bonds is 12. The Kier molecular flexibility index (Phi) is 8.90. The Balaban J connectivity index is 2.16. The fraction of sp³-hybridized carbons (Fsp3) is 0.545. The second-order valence-electron chi connectivity index (χ2n) is 6.51. The second-order valence-corrected chi connectivity index (χ2v) is 6.89. The highest BCUT2D eigenvalue weighted by molar-refractivity contribution is 6.17. The molecule has 1 unspecified atom stereocenters. The van der Waals surface area contributed by atoms with E-state index in [4.69, 9.17) is 25.8 Å². The van der Waals surface area contributed by atoms with Crippen molar-refractivity contribution in [2.45, 2.75) is 58.5 Å². The molecular formula is C22H31ClO3. The summed E-state index contributed by atoms with van der Waals surface area (Å²) in [6.07, 6.45) is 6.95. The van der Waals surface area contributed by atoms with Gasteiger partial charge in [-0.2, -0.15) is 0 Å². The highest BCUT2D eigenvalue weighted by Gasteiger charge is 2.12. The zero-order valence-corrected chi connectivity index (χ0v) is 17.0. The van der Waals surface area contributed by atoms with Crippen molar-refractivity contribution in [3.8, 4) is 17.2 Å². The van der Waals surface area contributed by atoms with Gasteiger partial charge in [0.1, 0.15) is 5.75 Å². The van der Waals surface area contributed by atoms with Crippen LogP contribution in [0.25, 0.3) is 10.8 Å². The zero-order valence-electron chi connectivity index (χ0n) is 16.2. The summed E-state index contributed by atoms with van der Waals surface area (Å²) in [5.74, 6) is 3.02. The lowest BCUT2D eigenvalue weighted by atomic mass is 10.1. The minimum absolute atomic E-state index is 0.277. The van der Waals surface area contributed by atoms with Gasteiger partial charge < -0.3 is 14.2 Å². The lowest BCUT2D eigenvalue weighted by Gasteiger charge is -2.18. The number of halogens is 1. The van der Waals surface area contributed by atoms with Crippen molar-refractivity contribution in [1.82, 2.24) is 0 Å². The van der Waals surface area contributed by atoms with Crippen LogP contribution in [0.3, 0.4) is 0 Å². The summed E-state index contributed by atoms with van der Waals surface area (Å²) in [5, 5.41) is 2.12. The minimum Gasteiger partial charge on any atom is -0.492 e. The monoisotopic (exact) mass is 378 g/mol. The Morgan fingerprint density at radius 2 is 1.88 bits per heavy atom. The summed E-state index contributed by atoms with van der Waals surface area (Å²) in [6.45, 7) is 5.00. The van der Waals surface area contributed by atoms with E-state index in [2.05, 4.69) is 32.0 Å². The normalized spacial score (nSPS) is 12.2. The lowest BCUT2D eigenvalue weighted by Crippen LogP contribution is -2.15. The maximum atomic E-state index is 6.21. The summed E-state index contributed by atoms with van der Waals surface area (Å²) in [5.41, 5.74) is 0. The standard InChI is InChI=1S/C22H31ClO3/c1-4-6-7-9-18(5-2)26-19-11-12-20-17(16-19)10-13-21(22(20)24-3)25-15-8-14-23/h10-13,16,18H,4-9,14-15H2,1-3H3. The molecule has 0 heterocycles. The van der Waals surface area contributed by atoms with Crippen molar-refractivity contribution in [2.24, 2.45) is 0 Å². The van der Waals surface area contributed by atoms with Gasteiger partial charge in [-0.3, -0.25) is 0 Å². The van der Waals surface area contributed by atoms with Gasteiger partial charge in [0.2, 0.25) is 0 Å². The second kappa shape index (κ2) is 11.2. The SMILES string of the molecule is CCCCCC(CC)Oc1ccc2c(OC)c(OCCCCl)ccc2c1. The van der Waals surface area contributed by atoms with E-state index in [9.17, 15) is 0 Å². The lowest BCUT2D eigenvalue weighted by molar-refractivity contribution is 0.183. The fourth-order valence-corrected chi connectivity index (χ4v) is 3.16. The predicted molar refractivity (Wildman–Crippen MR) is 110 cm³/mol. The van der Waals surface area contributed by atoms with Crippen LogP contribution in [-0.2, 0) is 0 Å². The Labute approximate surface area is 162 Å². The van der Waals surface area contributed by atoms with Crippen LogP contribution in [0.2, 0.25) is 0 Å². The number of ether oxygens (including phenoxy) is 3. The van der Waals surface area contributed by atoms with E-state index in [1.54, 1.807) is 7.11 Å². The third-order valence-electron chi connectivity index (χ3n) is 4.53. The Hall–Kier alpha value is -1.61. The van der Waals surface area contributed by atoms with Crippen molar-refractivity contribution >= 4 is 22.4 Å². The van der Waals surface area contributed by atoms with Crippen LogP contribution in [0, 0.1) is 0 Å². The first-order chi connectivity index (χ1) is 12.7. The van der Waals surface area contributed by atoms with Crippen LogP contribution in [-0.4, -0.2) is 25.7 Å². The number of hydrogen-bond donors (Lipinski definition) is 0. The average molecular weight is 379 g/mol. The van der Waals surface area contributed by atoms with E-state index in [0.29, 0.717) is 12.5 Å². The van der Waals surface area contributed by atoms with Crippen molar-refractivity contribution in [2.75, 3.05) is 19.6 Å². The maximum absolute atomic E-state index is 6.21. The molecule has 3 nitrogen and oxygen atoms in total. The molecule has 4 heteroatoms. The van der Waals surface area contributed by atoms with Gasteiger partial charge in [-0.15, -0.1) is 11.6 Å². The molecule has 0 aliphatic heterocycles. The number of hydrogen-bond acceptors (Lipinski definition) is 3. The molecule has 0 spiro atoms. The fourth-order valence-electron chi connectivity index (χ4n) is 3.05. The molecule has 0 bridgehead atoms. The zero-order chi connectivity index (χ0) is 18.8. The van der Waals surface area contributed by atoms with E-state index in [-0.39, 0.29) is 6.10 Å². The van der Waals surface area contributed by atoms with E-state index in [1.807, 2.05) is 12.1 Å². The number of alkyl halides is 1. The quantitative estimate of drug-likeness (QED) is 0.308. The van der Waals surface area contributed by atoms with Crippen molar-refractivity contribution in [3.63, 3.8) is 0 Å². The van der Waals surface area contributed by atoms with Crippen molar-refractivity contribution in [3.05, 3.63) is 30.3 Å². The van der Waals surface area contributed by atoms with Gasteiger partial charge in [0.05, 0.1) is 19.8 Å². The largest absolute Gasteiger partial charge is 0.492 e. The van der Waals surface area contributed by atoms with Gasteiger partial charge >= 0.3 is 0 Å². The van der Waals surface area contributed by atoms with Crippen molar-refractivity contribution in [1.29, 1.82) is 0 Å². The molecule has 0 aliphatic rings. The molecule has 0 aliphatic carbocycles. The van der Waals surface area contributed by atoms with Gasteiger partial charge in [-0.25, -0.2) is 0 Å². The van der Waals surface area contributed by atoms with Crippen LogP contribution in [0.15, 0.2) is 30.3 Å². The molecule has 0 amide bonds. The van der Waals surface area contributed by atoms with Crippen LogP contribution >= 0.6 is 11.6 Å². The summed E-state index contributed by atoms with van der Waals surface area (Å²) in [4.78, 5) is 0. The molecule has 0 N–H and O–H groups in total. The van der Waals surface area contributed by atoms with Crippen LogP contribution < -0.4 is 14.2 Å². The third kappa shape index (κ3) is 5.70. The molecule has 2 rings (SSSR count). The first kappa shape index (κ1) is 20.7. The number of unbranched alkanes of at least 4 members (excludes halogenated alkanes) is 2. The number of benzene rings is 2. The Bertz CT molecular complexity index is 672. The molecule has 1 atom stereocenters. The summed E-state index contributed by atoms with van der Waals surface area (Å²) >= 11 is 5.72. The predicted octanol–water partition coefficient (Wildman–Crippen LogP) is 6.59. The molecular weight excluding hydrogens is 348 g/mol. The van der Waals surface area contributed by atoms with E-state index in [0.717, 1.165) is 47.3 Å². The molecule has 0 saturated heterocycles. The van der Waals surface area contributed by atoms with E-state index < -0.39 is 0 Å². The summed E-state index contributed by atoms with van der Waals surface area (Å²) in [7, 11) is 1.68. The molecule has 0 aromatic heterocycles. The Morgan fingerprint density at radius 3 is 2.58 bits per heavy atom.